The van der Waals surface area contributed by atoms with E-state index in [4.69, 9.17) is 21.1 Å². The first kappa shape index (κ1) is 14.2. The van der Waals surface area contributed by atoms with Gasteiger partial charge in [-0.1, -0.05) is 17.7 Å². The highest BCUT2D eigenvalue weighted by Gasteiger charge is 2.11. The number of hydrogen-bond donors (Lipinski definition) is 1. The summed E-state index contributed by atoms with van der Waals surface area (Å²) < 4.78 is 12.8. The maximum atomic E-state index is 6.02. The number of fused-ring (bicyclic) bond motifs is 1. The second kappa shape index (κ2) is 6.35. The van der Waals surface area contributed by atoms with Gasteiger partial charge in [-0.3, -0.25) is 0 Å². The molecule has 1 aliphatic rings. The number of nitrogens with one attached hydrogen (secondary N) is 1. The molecular weight excluding hydrogens is 362 g/mol. The monoisotopic (exact) mass is 373 g/mol. The summed E-state index contributed by atoms with van der Waals surface area (Å²) in [6, 6.07) is 8.09. The van der Waals surface area contributed by atoms with E-state index in [0.29, 0.717) is 13.2 Å². The molecule has 2 heterocycles. The Hall–Kier alpha value is -0.750. The van der Waals surface area contributed by atoms with Crippen molar-refractivity contribution in [1.29, 1.82) is 0 Å². The first-order chi connectivity index (χ1) is 9.72. The summed E-state index contributed by atoms with van der Waals surface area (Å²) in [6.45, 7) is 2.82. The first-order valence-corrected chi connectivity index (χ1v) is 8.24. The lowest BCUT2D eigenvalue weighted by atomic mass is 10.2. The molecule has 3 rings (SSSR count). The van der Waals surface area contributed by atoms with Gasteiger partial charge in [-0.2, -0.15) is 0 Å². The molecule has 0 bridgehead atoms. The van der Waals surface area contributed by atoms with Crippen LogP contribution in [0.4, 0.5) is 0 Å². The van der Waals surface area contributed by atoms with Crippen molar-refractivity contribution in [3.63, 3.8) is 0 Å². The van der Waals surface area contributed by atoms with Gasteiger partial charge in [0, 0.05) is 22.4 Å². The molecule has 1 aromatic carbocycles. The van der Waals surface area contributed by atoms with Gasteiger partial charge in [0.25, 0.3) is 0 Å². The van der Waals surface area contributed by atoms with Crippen LogP contribution in [0.15, 0.2) is 28.7 Å². The second-order valence-electron chi connectivity index (χ2n) is 4.42. The third-order valence-corrected chi connectivity index (χ3v) is 5.41. The topological polar surface area (TPSA) is 30.5 Å². The Labute approximate surface area is 135 Å². The van der Waals surface area contributed by atoms with Crippen LogP contribution in [-0.4, -0.2) is 13.2 Å². The van der Waals surface area contributed by atoms with Crippen molar-refractivity contribution in [2.75, 3.05) is 13.2 Å². The van der Waals surface area contributed by atoms with Crippen LogP contribution in [0.2, 0.25) is 4.34 Å². The van der Waals surface area contributed by atoms with Crippen molar-refractivity contribution < 1.29 is 9.47 Å². The minimum Gasteiger partial charge on any atom is -0.486 e. The normalized spacial score (nSPS) is 13.5. The van der Waals surface area contributed by atoms with Gasteiger partial charge in [-0.25, -0.2) is 0 Å². The number of hydrogen-bond acceptors (Lipinski definition) is 4. The van der Waals surface area contributed by atoms with Crippen LogP contribution in [0.5, 0.6) is 11.5 Å². The lowest BCUT2D eigenvalue weighted by Crippen LogP contribution is -2.16. The zero-order valence-corrected chi connectivity index (χ0v) is 13.8. The predicted molar refractivity (Wildman–Crippen MR) is 85.0 cm³/mol. The van der Waals surface area contributed by atoms with Gasteiger partial charge in [-0.15, -0.1) is 11.3 Å². The lowest BCUT2D eigenvalue weighted by Gasteiger charge is -2.18. The Kier molecular flexibility index (Phi) is 4.51. The van der Waals surface area contributed by atoms with Gasteiger partial charge in [0.15, 0.2) is 11.5 Å². The highest BCUT2D eigenvalue weighted by atomic mass is 79.9. The molecule has 0 saturated heterocycles. The fourth-order valence-electron chi connectivity index (χ4n) is 2.01. The number of rotatable bonds is 4. The van der Waals surface area contributed by atoms with Crippen molar-refractivity contribution >= 4 is 38.9 Å². The van der Waals surface area contributed by atoms with Gasteiger partial charge >= 0.3 is 0 Å². The van der Waals surface area contributed by atoms with E-state index in [1.54, 1.807) is 11.3 Å². The van der Waals surface area contributed by atoms with Gasteiger partial charge in [0.2, 0.25) is 0 Å². The smallest absolute Gasteiger partial charge is 0.161 e. The minimum absolute atomic E-state index is 0.617. The highest BCUT2D eigenvalue weighted by molar-refractivity contribution is 9.10. The van der Waals surface area contributed by atoms with Gasteiger partial charge in [0.05, 0.1) is 0 Å². The summed E-state index contributed by atoms with van der Waals surface area (Å²) in [5.74, 6) is 1.66. The Balaban J connectivity index is 1.58. The third-order valence-electron chi connectivity index (χ3n) is 2.93. The molecule has 3 nitrogen and oxygen atoms in total. The van der Waals surface area contributed by atoms with Gasteiger partial charge in [0.1, 0.15) is 17.6 Å². The summed E-state index contributed by atoms with van der Waals surface area (Å²) in [5, 5.41) is 3.40. The standard InChI is InChI=1S/C14H13BrClNO2S/c15-11-6-10(20-14(11)16)8-17-7-9-1-2-12-13(5-9)19-4-3-18-12/h1-2,5-6,17H,3-4,7-8H2. The van der Waals surface area contributed by atoms with Gasteiger partial charge in [-0.05, 0) is 39.7 Å². The van der Waals surface area contributed by atoms with E-state index in [-0.39, 0.29) is 0 Å². The largest absolute Gasteiger partial charge is 0.486 e. The molecule has 1 aliphatic heterocycles. The molecule has 6 heteroatoms. The molecule has 0 saturated carbocycles. The molecule has 106 valence electrons. The van der Waals surface area contributed by atoms with Crippen LogP contribution < -0.4 is 14.8 Å². The molecule has 0 aliphatic carbocycles. The van der Waals surface area contributed by atoms with Crippen molar-refractivity contribution in [2.45, 2.75) is 13.1 Å². The molecule has 0 unspecified atom stereocenters. The average Bonchev–Trinajstić information content (AvgIpc) is 2.77. The van der Waals surface area contributed by atoms with Crippen LogP contribution in [0, 0.1) is 0 Å². The van der Waals surface area contributed by atoms with Crippen molar-refractivity contribution in [1.82, 2.24) is 5.32 Å². The molecular formula is C14H13BrClNO2S. The Morgan fingerprint density at radius 3 is 2.70 bits per heavy atom. The lowest BCUT2D eigenvalue weighted by molar-refractivity contribution is 0.171. The number of ether oxygens (including phenoxy) is 2. The number of thiophene rings is 1. The molecule has 0 amide bonds. The molecule has 0 atom stereocenters. The fourth-order valence-corrected chi connectivity index (χ4v) is 3.77. The summed E-state index contributed by atoms with van der Waals surface area (Å²) in [6.07, 6.45) is 0. The predicted octanol–water partition coefficient (Wildman–Crippen LogP) is 4.23. The van der Waals surface area contributed by atoms with E-state index in [1.807, 2.05) is 18.2 Å². The summed E-state index contributed by atoms with van der Waals surface area (Å²) >= 11 is 11.0. The molecule has 1 N–H and O–H groups in total. The summed E-state index contributed by atoms with van der Waals surface area (Å²) in [4.78, 5) is 1.21. The van der Waals surface area contributed by atoms with E-state index in [2.05, 4.69) is 27.3 Å². The van der Waals surface area contributed by atoms with E-state index in [1.165, 1.54) is 10.4 Å². The van der Waals surface area contributed by atoms with E-state index >= 15 is 0 Å². The highest BCUT2D eigenvalue weighted by Crippen LogP contribution is 2.32. The van der Waals surface area contributed by atoms with Gasteiger partial charge < -0.3 is 14.8 Å². The quantitative estimate of drug-likeness (QED) is 0.869. The maximum absolute atomic E-state index is 6.02. The van der Waals surface area contributed by atoms with E-state index in [9.17, 15) is 0 Å². The number of halogens is 2. The summed E-state index contributed by atoms with van der Waals surface area (Å²) in [7, 11) is 0. The Bertz CT molecular complexity index is 598. The SMILES string of the molecule is Clc1sc(CNCc2ccc3c(c2)OCCO3)cc1Br. The van der Waals surface area contributed by atoms with Crippen LogP contribution >= 0.6 is 38.9 Å². The van der Waals surface area contributed by atoms with Crippen molar-refractivity contribution in [3.8, 4) is 11.5 Å². The minimum atomic E-state index is 0.617. The molecule has 0 spiro atoms. The van der Waals surface area contributed by atoms with E-state index < -0.39 is 0 Å². The van der Waals surface area contributed by atoms with Crippen molar-refractivity contribution in [2.24, 2.45) is 0 Å². The molecule has 1 aromatic heterocycles. The molecule has 0 radical (unpaired) electrons. The average molecular weight is 375 g/mol. The van der Waals surface area contributed by atoms with Crippen molar-refractivity contribution in [3.05, 3.63) is 43.5 Å². The molecule has 20 heavy (non-hydrogen) atoms. The van der Waals surface area contributed by atoms with Crippen LogP contribution in [0.3, 0.4) is 0 Å². The Morgan fingerprint density at radius 1 is 1.15 bits per heavy atom. The third kappa shape index (κ3) is 3.28. The van der Waals surface area contributed by atoms with Crippen LogP contribution in [-0.2, 0) is 13.1 Å². The zero-order valence-electron chi connectivity index (χ0n) is 10.6. The second-order valence-corrected chi connectivity index (χ2v) is 7.01. The van der Waals surface area contributed by atoms with Crippen LogP contribution in [0.25, 0.3) is 0 Å². The zero-order chi connectivity index (χ0) is 13.9. The molecule has 0 fully saturated rings. The summed E-state index contributed by atoms with van der Waals surface area (Å²) in [5.41, 5.74) is 1.18. The molecule has 2 aromatic rings. The first-order valence-electron chi connectivity index (χ1n) is 6.25. The Morgan fingerprint density at radius 2 is 1.95 bits per heavy atom. The van der Waals surface area contributed by atoms with E-state index in [0.717, 1.165) is 33.4 Å². The fraction of sp³-hybridized carbons (Fsp3) is 0.286. The number of benzene rings is 1. The maximum Gasteiger partial charge on any atom is 0.161 e. The van der Waals surface area contributed by atoms with Crippen LogP contribution in [0.1, 0.15) is 10.4 Å².